The topological polar surface area (TPSA) is 66.4 Å². The highest BCUT2D eigenvalue weighted by molar-refractivity contribution is 5.94. The molecule has 2 fully saturated rings. The summed E-state index contributed by atoms with van der Waals surface area (Å²) in [5.41, 5.74) is 2.52. The molecule has 1 aromatic heterocycles. The number of hydrogen-bond donors (Lipinski definition) is 2. The first-order chi connectivity index (χ1) is 14.7. The molecule has 0 saturated carbocycles. The van der Waals surface area contributed by atoms with Gasteiger partial charge in [-0.05, 0) is 56.0 Å². The van der Waals surface area contributed by atoms with E-state index in [1.165, 1.54) is 5.56 Å². The molecule has 0 aliphatic carbocycles. The Kier molecular flexibility index (Phi) is 8.39. The Labute approximate surface area is 201 Å². The Morgan fingerprint density at radius 3 is 2.69 bits per heavy atom. The maximum atomic E-state index is 13.1. The molecule has 1 amide bonds. The van der Waals surface area contributed by atoms with Crippen LogP contribution >= 0.6 is 24.8 Å². The van der Waals surface area contributed by atoms with Gasteiger partial charge in [-0.2, -0.15) is 0 Å². The van der Waals surface area contributed by atoms with Crippen LogP contribution in [0.4, 0.5) is 0 Å². The zero-order chi connectivity index (χ0) is 20.5. The molecule has 3 atom stereocenters. The van der Waals surface area contributed by atoms with Crippen molar-refractivity contribution in [2.45, 2.75) is 44.3 Å². The zero-order valence-electron chi connectivity index (χ0n) is 18.2. The number of fused-ring (bicyclic) bond motifs is 4. The highest BCUT2D eigenvalue weighted by Crippen LogP contribution is 2.31. The second-order valence-electron chi connectivity index (χ2n) is 9.08. The molecular formula is C24H32Cl2N4O2. The number of aromatic nitrogens is 1. The van der Waals surface area contributed by atoms with Gasteiger partial charge in [0.25, 0.3) is 11.5 Å². The van der Waals surface area contributed by atoms with Crippen LogP contribution in [0.15, 0.2) is 47.3 Å². The summed E-state index contributed by atoms with van der Waals surface area (Å²) < 4.78 is 1.86. The summed E-state index contributed by atoms with van der Waals surface area (Å²) in [6.07, 6.45) is 3.15. The number of likely N-dealkylation sites (tertiary alicyclic amines) is 1. The fourth-order valence-electron chi connectivity index (χ4n) is 5.39. The first-order valence-electron chi connectivity index (χ1n) is 11.2. The number of pyridine rings is 1. The monoisotopic (exact) mass is 478 g/mol. The molecule has 1 aromatic carbocycles. The van der Waals surface area contributed by atoms with E-state index in [9.17, 15) is 9.59 Å². The second-order valence-corrected chi connectivity index (χ2v) is 9.08. The number of rotatable bonds is 4. The van der Waals surface area contributed by atoms with Crippen molar-refractivity contribution in [3.8, 4) is 0 Å². The van der Waals surface area contributed by atoms with Gasteiger partial charge in [-0.1, -0.05) is 30.3 Å². The Hall–Kier alpha value is -1.86. The number of carbonyl (C=O) groups excluding carboxylic acids is 1. The average Bonchev–Trinajstić information content (AvgIpc) is 2.76. The molecule has 5 rings (SSSR count). The van der Waals surface area contributed by atoms with Gasteiger partial charge >= 0.3 is 0 Å². The first kappa shape index (κ1) is 24.8. The lowest BCUT2D eigenvalue weighted by Crippen LogP contribution is -2.49. The highest BCUT2D eigenvalue weighted by atomic mass is 35.5. The van der Waals surface area contributed by atoms with Crippen molar-refractivity contribution in [3.05, 3.63) is 69.6 Å². The quantitative estimate of drug-likeness (QED) is 0.708. The minimum Gasteiger partial charge on any atom is -0.348 e. The van der Waals surface area contributed by atoms with Crippen molar-refractivity contribution in [2.24, 2.45) is 5.92 Å². The number of benzene rings is 1. The van der Waals surface area contributed by atoms with Gasteiger partial charge in [-0.25, -0.2) is 0 Å². The summed E-state index contributed by atoms with van der Waals surface area (Å²) >= 11 is 0. The van der Waals surface area contributed by atoms with Crippen molar-refractivity contribution in [3.63, 3.8) is 0 Å². The van der Waals surface area contributed by atoms with E-state index in [0.717, 1.165) is 57.7 Å². The molecule has 0 spiro atoms. The molecule has 8 heteroatoms. The van der Waals surface area contributed by atoms with E-state index in [0.29, 0.717) is 18.4 Å². The molecule has 3 aliphatic rings. The van der Waals surface area contributed by atoms with Crippen LogP contribution in [0.5, 0.6) is 0 Å². The molecule has 2 N–H and O–H groups in total. The Bertz CT molecular complexity index is 982. The van der Waals surface area contributed by atoms with Crippen molar-refractivity contribution >= 4 is 30.7 Å². The van der Waals surface area contributed by atoms with E-state index in [1.54, 1.807) is 6.07 Å². The third-order valence-corrected chi connectivity index (χ3v) is 6.84. The van der Waals surface area contributed by atoms with E-state index in [-0.39, 0.29) is 47.9 Å². The van der Waals surface area contributed by atoms with Gasteiger partial charge in [0.15, 0.2) is 0 Å². The molecule has 174 valence electrons. The molecule has 2 aromatic rings. The maximum Gasteiger partial charge on any atom is 0.263 e. The Morgan fingerprint density at radius 2 is 1.88 bits per heavy atom. The van der Waals surface area contributed by atoms with Gasteiger partial charge in [0.2, 0.25) is 0 Å². The van der Waals surface area contributed by atoms with E-state index in [2.05, 4.69) is 39.8 Å². The van der Waals surface area contributed by atoms with Crippen LogP contribution < -0.4 is 16.2 Å². The van der Waals surface area contributed by atoms with Gasteiger partial charge in [-0.15, -0.1) is 24.8 Å². The number of amides is 1. The first-order valence-corrected chi connectivity index (χ1v) is 11.2. The average molecular weight is 479 g/mol. The summed E-state index contributed by atoms with van der Waals surface area (Å²) in [6, 6.07) is 14.2. The predicted octanol–water partition coefficient (Wildman–Crippen LogP) is 2.79. The van der Waals surface area contributed by atoms with Crippen molar-refractivity contribution in [1.29, 1.82) is 0 Å². The third-order valence-electron chi connectivity index (χ3n) is 6.84. The standard InChI is InChI=1S/C24H30N4O2.2ClH/c29-23(26-20-7-4-10-27(16-20)14-17-5-2-1-3-6-17)21-8-9-22-19-11-18(12-25-13-19)15-28(22)24(21)30;;/h1-3,5-6,8-9,18-20,25H,4,7,10-16H2,(H,26,29);2*1H/t18-,19+,20-;;/m0../s1. The second kappa shape index (κ2) is 10.8. The van der Waals surface area contributed by atoms with Gasteiger partial charge < -0.3 is 15.2 Å². The molecule has 4 heterocycles. The van der Waals surface area contributed by atoms with Crippen LogP contribution in [0.3, 0.4) is 0 Å². The van der Waals surface area contributed by atoms with Crippen molar-refractivity contribution in [2.75, 3.05) is 26.2 Å². The van der Waals surface area contributed by atoms with Crippen LogP contribution in [0.2, 0.25) is 0 Å². The van der Waals surface area contributed by atoms with Gasteiger partial charge in [-0.3, -0.25) is 14.5 Å². The predicted molar refractivity (Wildman–Crippen MR) is 131 cm³/mol. The zero-order valence-corrected chi connectivity index (χ0v) is 19.8. The lowest BCUT2D eigenvalue weighted by atomic mass is 9.84. The normalized spacial score (nSPS) is 24.4. The van der Waals surface area contributed by atoms with Crippen LogP contribution in [-0.4, -0.2) is 47.6 Å². The van der Waals surface area contributed by atoms with E-state index in [4.69, 9.17) is 0 Å². The van der Waals surface area contributed by atoms with Crippen molar-refractivity contribution in [1.82, 2.24) is 20.1 Å². The van der Waals surface area contributed by atoms with Crippen LogP contribution in [0, 0.1) is 5.92 Å². The fraction of sp³-hybridized carbons (Fsp3) is 0.500. The molecule has 0 unspecified atom stereocenters. The number of nitrogens with zero attached hydrogens (tertiary/aromatic N) is 2. The Balaban J connectivity index is 0.00000144. The lowest BCUT2D eigenvalue weighted by Gasteiger charge is -2.37. The maximum absolute atomic E-state index is 13.1. The lowest BCUT2D eigenvalue weighted by molar-refractivity contribution is 0.0898. The molecular weight excluding hydrogens is 447 g/mol. The number of nitrogens with one attached hydrogen (secondary N) is 2. The fourth-order valence-corrected chi connectivity index (χ4v) is 5.39. The summed E-state index contributed by atoms with van der Waals surface area (Å²) in [4.78, 5) is 28.5. The van der Waals surface area contributed by atoms with Gasteiger partial charge in [0, 0.05) is 43.8 Å². The summed E-state index contributed by atoms with van der Waals surface area (Å²) in [5.74, 6) is 0.639. The molecule has 3 aliphatic heterocycles. The number of piperidine rings is 2. The minimum atomic E-state index is -0.226. The molecule has 2 bridgehead atoms. The minimum absolute atomic E-state index is 0. The third kappa shape index (κ3) is 5.20. The molecule has 0 radical (unpaired) electrons. The van der Waals surface area contributed by atoms with Crippen LogP contribution in [0.25, 0.3) is 0 Å². The van der Waals surface area contributed by atoms with Crippen LogP contribution in [0.1, 0.15) is 46.8 Å². The van der Waals surface area contributed by atoms with E-state index >= 15 is 0 Å². The van der Waals surface area contributed by atoms with Gasteiger partial charge in [0.1, 0.15) is 5.56 Å². The summed E-state index contributed by atoms with van der Waals surface area (Å²) in [6.45, 7) is 5.35. The van der Waals surface area contributed by atoms with E-state index in [1.807, 2.05) is 16.7 Å². The summed E-state index contributed by atoms with van der Waals surface area (Å²) in [7, 11) is 0. The van der Waals surface area contributed by atoms with E-state index < -0.39 is 0 Å². The van der Waals surface area contributed by atoms with Gasteiger partial charge in [0.05, 0.1) is 0 Å². The number of halogens is 2. The highest BCUT2D eigenvalue weighted by Gasteiger charge is 2.32. The number of hydrogen-bond acceptors (Lipinski definition) is 4. The molecule has 32 heavy (non-hydrogen) atoms. The van der Waals surface area contributed by atoms with Crippen LogP contribution in [-0.2, 0) is 13.1 Å². The summed E-state index contributed by atoms with van der Waals surface area (Å²) in [5, 5.41) is 6.60. The molecule has 2 saturated heterocycles. The largest absolute Gasteiger partial charge is 0.348 e. The smallest absolute Gasteiger partial charge is 0.263 e. The SMILES string of the molecule is Cl.Cl.O=C(N[C@H]1CCCN(Cc2ccccc2)C1)c1ccc2n(c1=O)C[C@@H]1CNC[C@H]2C1. The number of carbonyl (C=O) groups is 1. The molecule has 6 nitrogen and oxygen atoms in total. The Morgan fingerprint density at radius 1 is 1.06 bits per heavy atom. The van der Waals surface area contributed by atoms with Crippen molar-refractivity contribution < 1.29 is 4.79 Å².